The van der Waals surface area contributed by atoms with E-state index in [-0.39, 0.29) is 15.7 Å². The lowest BCUT2D eigenvalue weighted by molar-refractivity contribution is 0.0773. The minimum atomic E-state index is -3.61. The molecule has 23 heavy (non-hydrogen) atoms. The van der Waals surface area contributed by atoms with Crippen LogP contribution in [0.2, 0.25) is 0 Å². The first-order valence-electron chi connectivity index (χ1n) is 7.40. The van der Waals surface area contributed by atoms with E-state index in [1.807, 2.05) is 13.8 Å². The molecule has 0 aliphatic carbocycles. The van der Waals surface area contributed by atoms with Crippen LogP contribution in [0.4, 0.5) is 5.69 Å². The summed E-state index contributed by atoms with van der Waals surface area (Å²) in [6.07, 6.45) is 0. The molecule has 0 spiro atoms. The van der Waals surface area contributed by atoms with Gasteiger partial charge in [0.1, 0.15) is 0 Å². The van der Waals surface area contributed by atoms with Crippen molar-refractivity contribution in [3.05, 3.63) is 54.1 Å². The molecule has 0 atom stereocenters. The molecule has 0 aliphatic rings. The minimum Gasteiger partial charge on any atom is -0.399 e. The molecule has 5 nitrogen and oxygen atoms in total. The number of nitrogens with zero attached hydrogens (tertiary/aromatic N) is 1. The second-order valence-corrected chi connectivity index (χ2v) is 7.02. The monoisotopic (exact) mass is 332 g/mol. The number of anilines is 1. The van der Waals surface area contributed by atoms with Gasteiger partial charge in [0.05, 0.1) is 9.79 Å². The third-order valence-electron chi connectivity index (χ3n) is 3.65. The first kappa shape index (κ1) is 17.0. The van der Waals surface area contributed by atoms with E-state index >= 15 is 0 Å². The predicted molar refractivity (Wildman–Crippen MR) is 90.0 cm³/mol. The molecular formula is C17H20N2O3S. The molecule has 2 aromatic rings. The Balaban J connectivity index is 2.32. The largest absolute Gasteiger partial charge is 0.399 e. The lowest BCUT2D eigenvalue weighted by Crippen LogP contribution is -2.30. The van der Waals surface area contributed by atoms with Crippen LogP contribution in [0.1, 0.15) is 24.2 Å². The summed E-state index contributed by atoms with van der Waals surface area (Å²) in [6.45, 7) is 5.03. The van der Waals surface area contributed by atoms with Crippen LogP contribution in [0.25, 0.3) is 0 Å². The number of carbonyl (C=O) groups is 1. The number of hydrogen-bond acceptors (Lipinski definition) is 4. The molecule has 0 radical (unpaired) electrons. The van der Waals surface area contributed by atoms with Crippen molar-refractivity contribution in [3.8, 4) is 0 Å². The highest BCUT2D eigenvalue weighted by molar-refractivity contribution is 7.91. The summed E-state index contributed by atoms with van der Waals surface area (Å²) in [4.78, 5) is 14.2. The number of nitrogens with two attached hydrogens (primary N) is 1. The first-order chi connectivity index (χ1) is 10.9. The molecule has 2 rings (SSSR count). The molecule has 0 heterocycles. The van der Waals surface area contributed by atoms with Crippen molar-refractivity contribution in [2.75, 3.05) is 18.8 Å². The summed E-state index contributed by atoms with van der Waals surface area (Å²) in [5, 5.41) is 0. The van der Waals surface area contributed by atoms with Crippen LogP contribution in [0, 0.1) is 0 Å². The van der Waals surface area contributed by atoms with E-state index in [0.29, 0.717) is 24.3 Å². The van der Waals surface area contributed by atoms with Crippen LogP contribution in [0.15, 0.2) is 58.3 Å². The molecule has 0 saturated carbocycles. The van der Waals surface area contributed by atoms with Gasteiger partial charge >= 0.3 is 0 Å². The van der Waals surface area contributed by atoms with Gasteiger partial charge in [-0.1, -0.05) is 0 Å². The maximum Gasteiger partial charge on any atom is 0.253 e. The Hall–Kier alpha value is -2.34. The van der Waals surface area contributed by atoms with Crippen LogP contribution in [0.3, 0.4) is 0 Å². The molecule has 0 fully saturated rings. The van der Waals surface area contributed by atoms with Gasteiger partial charge in [-0.15, -0.1) is 0 Å². The van der Waals surface area contributed by atoms with Crippen molar-refractivity contribution in [2.24, 2.45) is 0 Å². The van der Waals surface area contributed by atoms with Gasteiger partial charge in [-0.25, -0.2) is 8.42 Å². The molecule has 2 N–H and O–H groups in total. The average Bonchev–Trinajstić information content (AvgIpc) is 2.56. The van der Waals surface area contributed by atoms with Gasteiger partial charge in [0, 0.05) is 24.3 Å². The van der Waals surface area contributed by atoms with Gasteiger partial charge in [0.15, 0.2) is 0 Å². The predicted octanol–water partition coefficient (Wildman–Crippen LogP) is 2.58. The number of rotatable bonds is 5. The third-order valence-corrected chi connectivity index (χ3v) is 5.44. The highest BCUT2D eigenvalue weighted by Crippen LogP contribution is 2.22. The summed E-state index contributed by atoms with van der Waals surface area (Å²) >= 11 is 0. The van der Waals surface area contributed by atoms with Crippen molar-refractivity contribution < 1.29 is 13.2 Å². The lowest BCUT2D eigenvalue weighted by Gasteiger charge is -2.18. The fourth-order valence-electron chi connectivity index (χ4n) is 2.25. The number of nitrogen functional groups attached to an aromatic ring is 1. The van der Waals surface area contributed by atoms with E-state index in [4.69, 9.17) is 5.73 Å². The van der Waals surface area contributed by atoms with E-state index in [0.717, 1.165) is 0 Å². The summed E-state index contributed by atoms with van der Waals surface area (Å²) in [5.74, 6) is -0.105. The molecule has 0 aliphatic heterocycles. The minimum absolute atomic E-state index is 0.105. The molecule has 0 aromatic heterocycles. The van der Waals surface area contributed by atoms with E-state index in [1.165, 1.54) is 24.3 Å². The zero-order chi connectivity index (χ0) is 17.0. The SMILES string of the molecule is CCN(CC)C(=O)c1ccc(S(=O)(=O)c2ccc(N)cc2)cc1. The molecule has 0 saturated heterocycles. The fraction of sp³-hybridized carbons (Fsp3) is 0.235. The van der Waals surface area contributed by atoms with Crippen LogP contribution in [0.5, 0.6) is 0 Å². The summed E-state index contributed by atoms with van der Waals surface area (Å²) in [6, 6.07) is 12.1. The summed E-state index contributed by atoms with van der Waals surface area (Å²) in [5.41, 5.74) is 6.56. The normalized spacial score (nSPS) is 11.2. The standard InChI is InChI=1S/C17H20N2O3S/c1-3-19(4-2)17(20)13-5-9-15(10-6-13)23(21,22)16-11-7-14(18)8-12-16/h5-12H,3-4,18H2,1-2H3. The molecule has 6 heteroatoms. The van der Waals surface area contributed by atoms with Crippen molar-refractivity contribution in [2.45, 2.75) is 23.6 Å². The maximum atomic E-state index is 12.5. The van der Waals surface area contributed by atoms with Crippen molar-refractivity contribution >= 4 is 21.4 Å². The van der Waals surface area contributed by atoms with E-state index in [1.54, 1.807) is 29.2 Å². The molecule has 1 amide bonds. The molecular weight excluding hydrogens is 312 g/mol. The van der Waals surface area contributed by atoms with Gasteiger partial charge in [-0.05, 0) is 62.4 Å². The zero-order valence-corrected chi connectivity index (χ0v) is 14.0. The zero-order valence-electron chi connectivity index (χ0n) is 13.2. The van der Waals surface area contributed by atoms with Crippen molar-refractivity contribution in [3.63, 3.8) is 0 Å². The number of benzene rings is 2. The van der Waals surface area contributed by atoms with Gasteiger partial charge in [-0.2, -0.15) is 0 Å². The molecule has 0 bridgehead atoms. The van der Waals surface area contributed by atoms with E-state index < -0.39 is 9.84 Å². The topological polar surface area (TPSA) is 80.5 Å². The van der Waals surface area contributed by atoms with Gasteiger partial charge in [-0.3, -0.25) is 4.79 Å². The van der Waals surface area contributed by atoms with Crippen molar-refractivity contribution in [1.29, 1.82) is 0 Å². The van der Waals surface area contributed by atoms with Crippen LogP contribution in [-0.4, -0.2) is 32.3 Å². The third kappa shape index (κ3) is 3.53. The Labute approximate surface area is 136 Å². The number of hydrogen-bond donors (Lipinski definition) is 1. The number of sulfone groups is 1. The number of carbonyl (C=O) groups excluding carboxylic acids is 1. The second kappa shape index (κ2) is 6.83. The highest BCUT2D eigenvalue weighted by atomic mass is 32.2. The number of amides is 1. The Bertz CT molecular complexity index is 778. The fourth-order valence-corrected chi connectivity index (χ4v) is 3.51. The first-order valence-corrected chi connectivity index (χ1v) is 8.88. The molecule has 0 unspecified atom stereocenters. The maximum absolute atomic E-state index is 12.5. The van der Waals surface area contributed by atoms with Crippen LogP contribution in [-0.2, 0) is 9.84 Å². The Kier molecular flexibility index (Phi) is 5.05. The van der Waals surface area contributed by atoms with E-state index in [9.17, 15) is 13.2 Å². The summed E-state index contributed by atoms with van der Waals surface area (Å²) < 4.78 is 25.1. The average molecular weight is 332 g/mol. The summed E-state index contributed by atoms with van der Waals surface area (Å²) in [7, 11) is -3.61. The van der Waals surface area contributed by atoms with Crippen molar-refractivity contribution in [1.82, 2.24) is 4.90 Å². The molecule has 122 valence electrons. The van der Waals surface area contributed by atoms with Crippen LogP contribution < -0.4 is 5.73 Å². The second-order valence-electron chi connectivity index (χ2n) is 5.07. The van der Waals surface area contributed by atoms with Crippen LogP contribution >= 0.6 is 0 Å². The Morgan fingerprint density at radius 2 is 1.35 bits per heavy atom. The van der Waals surface area contributed by atoms with Gasteiger partial charge < -0.3 is 10.6 Å². The smallest absolute Gasteiger partial charge is 0.253 e. The lowest BCUT2D eigenvalue weighted by atomic mass is 10.2. The van der Waals surface area contributed by atoms with Gasteiger partial charge in [0.2, 0.25) is 9.84 Å². The van der Waals surface area contributed by atoms with E-state index in [2.05, 4.69) is 0 Å². The quantitative estimate of drug-likeness (QED) is 0.853. The Morgan fingerprint density at radius 3 is 1.78 bits per heavy atom. The highest BCUT2D eigenvalue weighted by Gasteiger charge is 2.19. The molecule has 2 aromatic carbocycles. The van der Waals surface area contributed by atoms with Gasteiger partial charge in [0.25, 0.3) is 5.91 Å². The Morgan fingerprint density at radius 1 is 0.913 bits per heavy atom.